The van der Waals surface area contributed by atoms with Gasteiger partial charge in [-0.1, -0.05) is 59.3 Å². The van der Waals surface area contributed by atoms with Crippen LogP contribution < -0.4 is 0 Å². The Morgan fingerprint density at radius 3 is 1.94 bits per heavy atom. The number of hydrogen-bond donors (Lipinski definition) is 2. The Balaban J connectivity index is 1.76. The van der Waals surface area contributed by atoms with Crippen molar-refractivity contribution in [1.29, 1.82) is 0 Å². The van der Waals surface area contributed by atoms with E-state index in [0.29, 0.717) is 35.9 Å². The number of aliphatic hydroxyl groups is 2. The Morgan fingerprint density at radius 2 is 1.32 bits per heavy atom. The first kappa shape index (κ1) is 29.6. The minimum Gasteiger partial charge on any atom is -0.466 e. The van der Waals surface area contributed by atoms with Crippen LogP contribution in [-0.4, -0.2) is 36.0 Å². The van der Waals surface area contributed by atoms with Gasteiger partial charge in [0.15, 0.2) is 0 Å². The van der Waals surface area contributed by atoms with Crippen LogP contribution in [-0.2, 0) is 9.53 Å². The van der Waals surface area contributed by atoms with E-state index in [1.54, 1.807) is 0 Å². The van der Waals surface area contributed by atoms with Crippen LogP contribution in [0.4, 0.5) is 0 Å². The molecule has 0 radical (unpaired) electrons. The molecular formula is C30H56O4. The van der Waals surface area contributed by atoms with Crippen LogP contribution in [0.2, 0.25) is 0 Å². The molecule has 2 bridgehead atoms. The van der Waals surface area contributed by atoms with Gasteiger partial charge in [0.2, 0.25) is 0 Å². The van der Waals surface area contributed by atoms with E-state index in [1.165, 1.54) is 64.2 Å². The Labute approximate surface area is 210 Å². The van der Waals surface area contributed by atoms with Gasteiger partial charge in [-0.05, 0) is 99.2 Å². The molecule has 0 aromatic carbocycles. The van der Waals surface area contributed by atoms with Crippen LogP contribution in [0.25, 0.3) is 0 Å². The van der Waals surface area contributed by atoms with Gasteiger partial charge in [0.1, 0.15) is 0 Å². The Kier molecular flexibility index (Phi) is 12.9. The molecule has 0 heterocycles. The molecule has 2 saturated carbocycles. The summed E-state index contributed by atoms with van der Waals surface area (Å²) in [5, 5.41) is 19.0. The highest BCUT2D eigenvalue weighted by Crippen LogP contribution is 2.63. The largest absolute Gasteiger partial charge is 0.466 e. The zero-order chi connectivity index (χ0) is 24.9. The highest BCUT2D eigenvalue weighted by molar-refractivity contribution is 5.69. The van der Waals surface area contributed by atoms with Crippen LogP contribution >= 0.6 is 0 Å². The fourth-order valence-corrected chi connectivity index (χ4v) is 7.99. The van der Waals surface area contributed by atoms with Crippen molar-refractivity contribution in [2.45, 2.75) is 143 Å². The Bertz CT molecular complexity index is 576. The predicted molar refractivity (Wildman–Crippen MR) is 141 cm³/mol. The number of hydrogen-bond acceptors (Lipinski definition) is 4. The average Bonchev–Trinajstić information content (AvgIpc) is 2.78. The standard InChI is InChI=1S/C30H56O4/c1-4-5-6-7-8-9-10-14-27(33)34-20-13-16-29(3)22-26-21-28(2,15-11-18-31)24-30(23-26,25-29)17-12-19-32/h26,31-32H,4-25H2,1-3H3. The molecule has 0 aromatic rings. The lowest BCUT2D eigenvalue weighted by Gasteiger charge is -2.58. The molecule has 34 heavy (non-hydrogen) atoms. The SMILES string of the molecule is CCCCCCCCCC(=O)OCCCC1(C)CC2CC(C)(CCCO)CC(CCCO)(C2)C1. The second-order valence-electron chi connectivity index (χ2n) is 12.8. The second kappa shape index (κ2) is 14.8. The van der Waals surface area contributed by atoms with Crippen molar-refractivity contribution < 1.29 is 19.7 Å². The summed E-state index contributed by atoms with van der Waals surface area (Å²) in [5.41, 5.74) is 0.964. The van der Waals surface area contributed by atoms with Crippen LogP contribution in [0.15, 0.2) is 0 Å². The van der Waals surface area contributed by atoms with Gasteiger partial charge in [0.25, 0.3) is 0 Å². The first-order chi connectivity index (χ1) is 16.3. The number of aliphatic hydroxyl groups excluding tert-OH is 2. The highest BCUT2D eigenvalue weighted by Gasteiger charge is 2.52. The van der Waals surface area contributed by atoms with Gasteiger partial charge in [-0.3, -0.25) is 4.79 Å². The third kappa shape index (κ3) is 10.2. The quantitative estimate of drug-likeness (QED) is 0.157. The number of carbonyl (C=O) groups is 1. The van der Waals surface area contributed by atoms with Crippen molar-refractivity contribution in [3.8, 4) is 0 Å². The normalized spacial score (nSPS) is 30.9. The van der Waals surface area contributed by atoms with Gasteiger partial charge in [-0.25, -0.2) is 0 Å². The van der Waals surface area contributed by atoms with E-state index in [4.69, 9.17) is 4.74 Å². The summed E-state index contributed by atoms with van der Waals surface area (Å²) in [6.07, 6.45) is 21.6. The number of carbonyl (C=O) groups excluding carboxylic acids is 1. The summed E-state index contributed by atoms with van der Waals surface area (Å²) < 4.78 is 5.59. The second-order valence-corrected chi connectivity index (χ2v) is 12.8. The number of rotatable bonds is 18. The lowest BCUT2D eigenvalue weighted by Crippen LogP contribution is -2.47. The molecule has 4 atom stereocenters. The van der Waals surface area contributed by atoms with Crippen LogP contribution in [0.3, 0.4) is 0 Å². The first-order valence-corrected chi connectivity index (χ1v) is 14.7. The molecular weight excluding hydrogens is 424 g/mol. The smallest absolute Gasteiger partial charge is 0.305 e. The topological polar surface area (TPSA) is 66.8 Å². The number of esters is 1. The van der Waals surface area contributed by atoms with Gasteiger partial charge in [-0.2, -0.15) is 0 Å². The summed E-state index contributed by atoms with van der Waals surface area (Å²) in [5.74, 6) is 0.730. The zero-order valence-electron chi connectivity index (χ0n) is 22.8. The molecule has 2 rings (SSSR count). The van der Waals surface area contributed by atoms with Crippen LogP contribution in [0, 0.1) is 22.2 Å². The van der Waals surface area contributed by atoms with Gasteiger partial charge in [0.05, 0.1) is 6.61 Å². The maximum absolute atomic E-state index is 12.1. The Morgan fingerprint density at radius 1 is 0.765 bits per heavy atom. The summed E-state index contributed by atoms with van der Waals surface area (Å²) in [6, 6.07) is 0. The number of fused-ring (bicyclic) bond motifs is 2. The maximum Gasteiger partial charge on any atom is 0.305 e. The molecule has 2 aliphatic carbocycles. The van der Waals surface area contributed by atoms with E-state index in [9.17, 15) is 15.0 Å². The fraction of sp³-hybridized carbons (Fsp3) is 0.967. The molecule has 0 aromatic heterocycles. The molecule has 4 unspecified atom stereocenters. The number of unbranched alkanes of at least 4 members (excludes halogenated alkanes) is 6. The van der Waals surface area contributed by atoms with Gasteiger partial charge >= 0.3 is 5.97 Å². The van der Waals surface area contributed by atoms with E-state index >= 15 is 0 Å². The van der Waals surface area contributed by atoms with Crippen molar-refractivity contribution in [1.82, 2.24) is 0 Å². The lowest BCUT2D eigenvalue weighted by atomic mass is 9.47. The van der Waals surface area contributed by atoms with Gasteiger partial charge in [-0.15, -0.1) is 0 Å². The van der Waals surface area contributed by atoms with Crippen molar-refractivity contribution in [2.75, 3.05) is 19.8 Å². The summed E-state index contributed by atoms with van der Waals surface area (Å²) >= 11 is 0. The molecule has 200 valence electrons. The highest BCUT2D eigenvalue weighted by atomic mass is 16.5. The summed E-state index contributed by atoms with van der Waals surface area (Å²) in [7, 11) is 0. The monoisotopic (exact) mass is 480 g/mol. The van der Waals surface area contributed by atoms with Crippen molar-refractivity contribution >= 4 is 5.97 Å². The van der Waals surface area contributed by atoms with E-state index in [1.807, 2.05) is 0 Å². The fourth-order valence-electron chi connectivity index (χ4n) is 7.99. The molecule has 0 aliphatic heterocycles. The minimum atomic E-state index is -0.0155. The third-order valence-corrected chi connectivity index (χ3v) is 8.86. The van der Waals surface area contributed by atoms with Crippen molar-refractivity contribution in [3.63, 3.8) is 0 Å². The first-order valence-electron chi connectivity index (χ1n) is 14.7. The van der Waals surface area contributed by atoms with E-state index < -0.39 is 0 Å². The van der Waals surface area contributed by atoms with Gasteiger partial charge in [0, 0.05) is 19.6 Å². The molecule has 2 fully saturated rings. The average molecular weight is 481 g/mol. The molecule has 0 amide bonds. The minimum absolute atomic E-state index is 0.0155. The van der Waals surface area contributed by atoms with Gasteiger partial charge < -0.3 is 14.9 Å². The molecule has 2 aliphatic rings. The maximum atomic E-state index is 12.1. The summed E-state index contributed by atoms with van der Waals surface area (Å²) in [4.78, 5) is 12.1. The number of ether oxygens (including phenoxy) is 1. The van der Waals surface area contributed by atoms with E-state index in [-0.39, 0.29) is 12.6 Å². The molecule has 4 heteroatoms. The predicted octanol–water partition coefficient (Wildman–Crippen LogP) is 7.59. The molecule has 0 saturated heterocycles. The van der Waals surface area contributed by atoms with Crippen LogP contribution in [0.1, 0.15) is 143 Å². The molecule has 0 spiro atoms. The van der Waals surface area contributed by atoms with Crippen molar-refractivity contribution in [2.24, 2.45) is 22.2 Å². The van der Waals surface area contributed by atoms with Crippen molar-refractivity contribution in [3.05, 3.63) is 0 Å². The van der Waals surface area contributed by atoms with E-state index in [0.717, 1.165) is 57.3 Å². The molecule has 2 N–H and O–H groups in total. The third-order valence-electron chi connectivity index (χ3n) is 8.86. The zero-order valence-corrected chi connectivity index (χ0v) is 22.8. The molecule has 4 nitrogen and oxygen atoms in total. The Hall–Kier alpha value is -0.610. The lowest BCUT2D eigenvalue weighted by molar-refractivity contribution is -0.144. The summed E-state index contributed by atoms with van der Waals surface area (Å²) in [6.45, 7) is 8.28. The van der Waals surface area contributed by atoms with E-state index in [2.05, 4.69) is 20.8 Å². The van der Waals surface area contributed by atoms with Crippen LogP contribution in [0.5, 0.6) is 0 Å².